The molecule has 4 amide bonds. The van der Waals surface area contributed by atoms with Crippen molar-refractivity contribution >= 4 is 41.3 Å². The highest BCUT2D eigenvalue weighted by molar-refractivity contribution is 8.00. The maximum atomic E-state index is 12.4. The van der Waals surface area contributed by atoms with Crippen LogP contribution in [-0.2, 0) is 25.7 Å². The minimum absolute atomic E-state index is 0.0332. The zero-order valence-corrected chi connectivity index (χ0v) is 28.2. The number of benzene rings is 1. The molecule has 3 rings (SSSR count). The molecule has 10 N–H and O–H groups in total. The Morgan fingerprint density at radius 1 is 1.04 bits per heavy atom. The molecule has 1 aromatic rings. The van der Waals surface area contributed by atoms with E-state index in [0.29, 0.717) is 49.1 Å². The summed E-state index contributed by atoms with van der Waals surface area (Å²) in [5.41, 5.74) is 11.2. The van der Waals surface area contributed by atoms with Gasteiger partial charge >= 0.3 is 6.09 Å². The van der Waals surface area contributed by atoms with Crippen molar-refractivity contribution in [3.8, 4) is 0 Å². The molecule has 2 fully saturated rings. The van der Waals surface area contributed by atoms with Crippen LogP contribution < -0.4 is 38.1 Å². The molecule has 0 saturated carbocycles. The van der Waals surface area contributed by atoms with Crippen LogP contribution >= 0.6 is 11.8 Å². The van der Waals surface area contributed by atoms with E-state index in [1.54, 1.807) is 0 Å². The van der Waals surface area contributed by atoms with Crippen LogP contribution in [0.4, 0.5) is 10.5 Å². The van der Waals surface area contributed by atoms with Crippen LogP contribution in [0, 0.1) is 10.1 Å². The molecule has 2 heterocycles. The lowest BCUT2D eigenvalue weighted by Gasteiger charge is -2.17. The van der Waals surface area contributed by atoms with E-state index in [1.165, 1.54) is 25.1 Å². The number of carbonyl (C=O) groups is 4. The molecule has 2 aliphatic heterocycles. The van der Waals surface area contributed by atoms with Gasteiger partial charge in [0, 0.05) is 61.6 Å². The number of primary amides is 1. The molecular formula is C31H50N8O8S. The zero-order chi connectivity index (χ0) is 35.1. The van der Waals surface area contributed by atoms with Crippen molar-refractivity contribution in [3.63, 3.8) is 0 Å². The highest BCUT2D eigenvalue weighted by atomic mass is 32.2. The fourth-order valence-electron chi connectivity index (χ4n) is 5.71. The number of carbonyl (C=O) groups excluding carboxylic acids is 4. The Labute approximate surface area is 284 Å². The predicted octanol–water partition coefficient (Wildman–Crippen LogP) is 1.15. The van der Waals surface area contributed by atoms with Gasteiger partial charge in [0.1, 0.15) is 6.10 Å². The number of nitrogens with one attached hydrogen (secondary N) is 5. The molecule has 6 unspecified atom stereocenters. The monoisotopic (exact) mass is 694 g/mol. The van der Waals surface area contributed by atoms with Crippen LogP contribution in [0.3, 0.4) is 0 Å². The standard InChI is InChI=1S/C31H50N8O8S/c1-19(47-31(44)35-15-7-8-22(32)29(33)42)21-16-20(12-13-24(21)39(45)46)17-36-27(41)10-3-2-6-14-34-26(40)11-5-4-9-25-28-23(18-48-25)37-30(43)38-28/h12-13,16,19,22-23,25,28,30,37-38,43H,2-11,14-15,17-18,32H2,1H3,(H2,33,42)(H,34,40)(H,35,44)(H,36,41). The Bertz CT molecular complexity index is 1260. The van der Waals surface area contributed by atoms with E-state index in [1.807, 2.05) is 11.8 Å². The summed E-state index contributed by atoms with van der Waals surface area (Å²) in [6.07, 6.45) is 4.11. The quantitative estimate of drug-likeness (QED) is 0.0513. The Balaban J connectivity index is 1.27. The Morgan fingerprint density at radius 2 is 1.75 bits per heavy atom. The largest absolute Gasteiger partial charge is 0.441 e. The van der Waals surface area contributed by atoms with Gasteiger partial charge in [-0.2, -0.15) is 11.8 Å². The number of hydrogen-bond donors (Lipinski definition) is 8. The number of rotatable bonds is 21. The summed E-state index contributed by atoms with van der Waals surface area (Å²) in [4.78, 5) is 58.8. The molecule has 0 bridgehead atoms. The number of nitrogens with two attached hydrogens (primary N) is 2. The number of unbranched alkanes of at least 4 members (excludes halogenated alkanes) is 3. The molecule has 0 aliphatic carbocycles. The maximum absolute atomic E-state index is 12.4. The SMILES string of the molecule is CC(OC(=O)NCCCC(N)C(N)=O)c1cc(CNC(=O)CCCCCNC(=O)CCCCC2SCC3NC(O)NC32)ccc1[N+](=O)[O-]. The van der Waals surface area contributed by atoms with Crippen molar-refractivity contribution in [2.75, 3.05) is 18.8 Å². The number of aliphatic hydroxyl groups is 1. The van der Waals surface area contributed by atoms with Gasteiger partial charge in [0.05, 0.1) is 16.5 Å². The van der Waals surface area contributed by atoms with Crippen molar-refractivity contribution in [2.45, 2.75) is 114 Å². The Hall–Kier alpha value is -3.51. The normalized spacial score (nSPS) is 21.1. The van der Waals surface area contributed by atoms with Gasteiger partial charge in [-0.1, -0.05) is 18.9 Å². The number of aliphatic hydroxyl groups excluding tert-OH is 1. The molecule has 48 heavy (non-hydrogen) atoms. The molecule has 0 spiro atoms. The number of nitrogens with zero attached hydrogens (tertiary/aromatic N) is 1. The number of alkyl carbamates (subject to hydrolysis) is 1. The first kappa shape index (κ1) is 38.9. The lowest BCUT2D eigenvalue weighted by molar-refractivity contribution is -0.386. The molecule has 16 nitrogen and oxygen atoms in total. The fraction of sp³-hybridized carbons (Fsp3) is 0.677. The lowest BCUT2D eigenvalue weighted by atomic mass is 10.0. The van der Waals surface area contributed by atoms with Gasteiger partial charge in [0.2, 0.25) is 17.7 Å². The van der Waals surface area contributed by atoms with Gasteiger partial charge in [0.25, 0.3) is 5.69 Å². The van der Waals surface area contributed by atoms with Crippen molar-refractivity contribution in [1.29, 1.82) is 0 Å². The summed E-state index contributed by atoms with van der Waals surface area (Å²) < 4.78 is 5.32. The van der Waals surface area contributed by atoms with Crippen LogP contribution in [0.15, 0.2) is 18.2 Å². The number of nitro groups is 1. The minimum Gasteiger partial charge on any atom is -0.441 e. The predicted molar refractivity (Wildman–Crippen MR) is 180 cm³/mol. The van der Waals surface area contributed by atoms with Gasteiger partial charge in [-0.25, -0.2) is 4.79 Å². The third-order valence-electron chi connectivity index (χ3n) is 8.42. The average Bonchev–Trinajstić information content (AvgIpc) is 3.60. The van der Waals surface area contributed by atoms with E-state index in [9.17, 15) is 34.4 Å². The second-order valence-corrected chi connectivity index (χ2v) is 13.5. The first-order chi connectivity index (χ1) is 22.9. The van der Waals surface area contributed by atoms with Gasteiger partial charge in [-0.3, -0.25) is 35.1 Å². The summed E-state index contributed by atoms with van der Waals surface area (Å²) >= 11 is 1.91. The van der Waals surface area contributed by atoms with E-state index >= 15 is 0 Å². The van der Waals surface area contributed by atoms with Crippen LogP contribution in [0.2, 0.25) is 0 Å². The van der Waals surface area contributed by atoms with E-state index < -0.39 is 35.4 Å². The summed E-state index contributed by atoms with van der Waals surface area (Å²) in [6.45, 7) is 2.40. The summed E-state index contributed by atoms with van der Waals surface area (Å²) in [5, 5.41) is 36.3. The van der Waals surface area contributed by atoms with Crippen molar-refractivity contribution in [2.24, 2.45) is 11.5 Å². The molecule has 268 valence electrons. The number of ether oxygens (including phenoxy) is 1. The second kappa shape index (κ2) is 20.1. The summed E-state index contributed by atoms with van der Waals surface area (Å²) in [6, 6.07) is 4.17. The molecule has 2 saturated heterocycles. The third-order valence-corrected chi connectivity index (χ3v) is 9.93. The van der Waals surface area contributed by atoms with Gasteiger partial charge < -0.3 is 37.3 Å². The minimum atomic E-state index is -0.948. The fourth-order valence-corrected chi connectivity index (χ4v) is 7.28. The summed E-state index contributed by atoms with van der Waals surface area (Å²) in [5.74, 6) is 0.223. The number of nitro benzene ring substituents is 1. The van der Waals surface area contributed by atoms with Crippen molar-refractivity contribution in [1.82, 2.24) is 26.6 Å². The Kier molecular flexibility index (Phi) is 16.3. The molecule has 6 atom stereocenters. The van der Waals surface area contributed by atoms with Gasteiger partial charge in [0.15, 0.2) is 6.35 Å². The molecule has 0 radical (unpaired) electrons. The van der Waals surface area contributed by atoms with Crippen molar-refractivity contribution < 1.29 is 33.9 Å². The third kappa shape index (κ3) is 13.2. The van der Waals surface area contributed by atoms with E-state index in [2.05, 4.69) is 26.6 Å². The molecule has 1 aromatic carbocycles. The number of hydrogen-bond acceptors (Lipinski definition) is 12. The molecule has 2 aliphatic rings. The average molecular weight is 695 g/mol. The lowest BCUT2D eigenvalue weighted by Crippen LogP contribution is -2.38. The number of amides is 4. The van der Waals surface area contributed by atoms with E-state index in [4.69, 9.17) is 16.2 Å². The molecule has 0 aromatic heterocycles. The van der Waals surface area contributed by atoms with Gasteiger partial charge in [-0.15, -0.1) is 0 Å². The number of fused-ring (bicyclic) bond motifs is 1. The topological polar surface area (TPSA) is 253 Å². The summed E-state index contributed by atoms with van der Waals surface area (Å²) in [7, 11) is 0. The highest BCUT2D eigenvalue weighted by Crippen LogP contribution is 2.33. The second-order valence-electron chi connectivity index (χ2n) is 12.2. The first-order valence-electron chi connectivity index (χ1n) is 16.6. The molecular weight excluding hydrogens is 644 g/mol. The highest BCUT2D eigenvalue weighted by Gasteiger charge is 2.42. The smallest absolute Gasteiger partial charge is 0.407 e. The zero-order valence-electron chi connectivity index (χ0n) is 27.4. The maximum Gasteiger partial charge on any atom is 0.407 e. The molecule has 17 heteroatoms. The van der Waals surface area contributed by atoms with Crippen LogP contribution in [0.5, 0.6) is 0 Å². The number of thioether (sulfide) groups is 1. The van der Waals surface area contributed by atoms with E-state index in [0.717, 1.165) is 37.9 Å². The van der Waals surface area contributed by atoms with Crippen LogP contribution in [-0.4, -0.2) is 82.4 Å². The van der Waals surface area contributed by atoms with Gasteiger partial charge in [-0.05, 0) is 57.1 Å². The van der Waals surface area contributed by atoms with Crippen molar-refractivity contribution in [3.05, 3.63) is 39.4 Å². The van der Waals surface area contributed by atoms with Crippen LogP contribution in [0.1, 0.15) is 88.4 Å². The van der Waals surface area contributed by atoms with E-state index in [-0.39, 0.29) is 48.6 Å². The first-order valence-corrected chi connectivity index (χ1v) is 17.6. The van der Waals surface area contributed by atoms with Crippen LogP contribution in [0.25, 0.3) is 0 Å². The Morgan fingerprint density at radius 3 is 2.48 bits per heavy atom.